The molecule has 0 amide bonds. The van der Waals surface area contributed by atoms with E-state index in [1.165, 1.54) is 40.6 Å². The van der Waals surface area contributed by atoms with Crippen molar-refractivity contribution < 1.29 is 21.6 Å². The molecule has 11 heteroatoms. The molecular formula is C17H15ClF3N3O2S2. The molecule has 1 aliphatic rings. The molecule has 0 saturated carbocycles. The Balaban J connectivity index is 2.09. The van der Waals surface area contributed by atoms with E-state index in [0.29, 0.717) is 17.7 Å². The molecule has 1 unspecified atom stereocenters. The molecule has 0 radical (unpaired) electrons. The van der Waals surface area contributed by atoms with Crippen molar-refractivity contribution in [3.8, 4) is 5.69 Å². The van der Waals surface area contributed by atoms with Gasteiger partial charge >= 0.3 is 6.18 Å². The van der Waals surface area contributed by atoms with Crippen molar-refractivity contribution in [2.45, 2.75) is 21.7 Å². The van der Waals surface area contributed by atoms with Crippen molar-refractivity contribution >= 4 is 39.0 Å². The van der Waals surface area contributed by atoms with Crippen molar-refractivity contribution in [3.63, 3.8) is 0 Å². The summed E-state index contributed by atoms with van der Waals surface area (Å²) in [6.45, 7) is 0. The van der Waals surface area contributed by atoms with Crippen LogP contribution in [0.3, 0.4) is 0 Å². The van der Waals surface area contributed by atoms with Crippen molar-refractivity contribution in [1.82, 2.24) is 9.55 Å². The van der Waals surface area contributed by atoms with Crippen LogP contribution in [0.2, 0.25) is 0 Å². The molecule has 2 aromatic rings. The average molecular weight is 450 g/mol. The fourth-order valence-electron chi connectivity index (χ4n) is 2.63. The van der Waals surface area contributed by atoms with Crippen molar-refractivity contribution in [2.24, 2.45) is 5.14 Å². The zero-order valence-corrected chi connectivity index (χ0v) is 16.8. The van der Waals surface area contributed by atoms with Crippen LogP contribution in [-0.2, 0) is 16.2 Å². The lowest BCUT2D eigenvalue weighted by Gasteiger charge is -2.23. The zero-order valence-electron chi connectivity index (χ0n) is 14.4. The molecule has 5 nitrogen and oxygen atoms in total. The fourth-order valence-corrected chi connectivity index (χ4v) is 3.74. The lowest BCUT2D eigenvalue weighted by atomic mass is 10.1. The van der Waals surface area contributed by atoms with Gasteiger partial charge in [-0.05, 0) is 36.9 Å². The standard InChI is InChI=1S/C17H15ClF3N3O2S2/c1-27-16(18)8-6-11(7-9-16)15-23-14(17(19,20)21)10-24(15)12-2-4-13(5-3-12)28(22,25)26/h2-8,10H,9H2,1H3,(H2,22,25,26). The van der Waals surface area contributed by atoms with E-state index >= 15 is 0 Å². The molecule has 150 valence electrons. The second-order valence-electron chi connectivity index (χ2n) is 6.04. The average Bonchev–Trinajstić information content (AvgIpc) is 3.07. The van der Waals surface area contributed by atoms with Crippen LogP contribution >= 0.6 is 23.4 Å². The summed E-state index contributed by atoms with van der Waals surface area (Å²) in [4.78, 5) is 3.61. The van der Waals surface area contributed by atoms with Gasteiger partial charge in [0.2, 0.25) is 10.0 Å². The number of alkyl halides is 4. The van der Waals surface area contributed by atoms with E-state index in [1.54, 1.807) is 18.2 Å². The molecule has 0 fully saturated rings. The van der Waals surface area contributed by atoms with E-state index in [0.717, 1.165) is 6.20 Å². The number of hydrogen-bond acceptors (Lipinski definition) is 4. The van der Waals surface area contributed by atoms with E-state index in [2.05, 4.69) is 4.98 Å². The number of rotatable bonds is 4. The third kappa shape index (κ3) is 4.29. The molecule has 28 heavy (non-hydrogen) atoms. The highest BCUT2D eigenvalue weighted by Gasteiger charge is 2.36. The summed E-state index contributed by atoms with van der Waals surface area (Å²) < 4.78 is 63.1. The summed E-state index contributed by atoms with van der Waals surface area (Å²) in [6.07, 6.45) is 3.56. The van der Waals surface area contributed by atoms with Gasteiger partial charge in [0, 0.05) is 17.5 Å². The van der Waals surface area contributed by atoms with Crippen molar-refractivity contribution in [3.05, 3.63) is 60.2 Å². The van der Waals surface area contributed by atoms with E-state index in [-0.39, 0.29) is 10.7 Å². The molecule has 1 heterocycles. The minimum atomic E-state index is -4.63. The van der Waals surface area contributed by atoms with E-state index in [4.69, 9.17) is 16.7 Å². The Morgan fingerprint density at radius 1 is 1.29 bits per heavy atom. The lowest BCUT2D eigenvalue weighted by molar-refractivity contribution is -0.140. The highest BCUT2D eigenvalue weighted by molar-refractivity contribution is 8.01. The van der Waals surface area contributed by atoms with Crippen LogP contribution in [0.1, 0.15) is 17.9 Å². The van der Waals surface area contributed by atoms with Crippen LogP contribution in [0.4, 0.5) is 13.2 Å². The van der Waals surface area contributed by atoms with Gasteiger partial charge in [-0.15, -0.1) is 23.4 Å². The largest absolute Gasteiger partial charge is 0.434 e. The normalized spacial score (nSPS) is 20.3. The number of primary sulfonamides is 1. The van der Waals surface area contributed by atoms with Gasteiger partial charge in [-0.25, -0.2) is 18.5 Å². The predicted molar refractivity (Wildman–Crippen MR) is 104 cm³/mol. The Morgan fingerprint density at radius 3 is 2.39 bits per heavy atom. The van der Waals surface area contributed by atoms with Gasteiger partial charge in [-0.3, -0.25) is 4.57 Å². The van der Waals surface area contributed by atoms with Crippen LogP contribution in [-0.4, -0.2) is 28.4 Å². The number of sulfonamides is 1. The molecule has 1 aromatic heterocycles. The number of allylic oxidation sites excluding steroid dienone is 3. The number of halogens is 4. The van der Waals surface area contributed by atoms with Crippen molar-refractivity contribution in [1.29, 1.82) is 0 Å². The van der Waals surface area contributed by atoms with Crippen molar-refractivity contribution in [2.75, 3.05) is 6.26 Å². The maximum Gasteiger partial charge on any atom is 0.434 e. The molecule has 2 N–H and O–H groups in total. The summed E-state index contributed by atoms with van der Waals surface area (Å²) >= 11 is 7.78. The zero-order chi connectivity index (χ0) is 20.7. The number of thioether (sulfide) groups is 1. The van der Waals surface area contributed by atoms with Crippen LogP contribution in [0.5, 0.6) is 0 Å². The monoisotopic (exact) mass is 449 g/mol. The molecule has 1 aliphatic carbocycles. The second kappa shape index (κ2) is 7.25. The quantitative estimate of drug-likeness (QED) is 0.710. The molecule has 0 spiro atoms. The van der Waals surface area contributed by atoms with Gasteiger partial charge in [0.15, 0.2) is 5.69 Å². The Hall–Kier alpha value is -1.75. The summed E-state index contributed by atoms with van der Waals surface area (Å²) in [5.41, 5.74) is -0.261. The maximum atomic E-state index is 13.2. The number of aromatic nitrogens is 2. The number of hydrogen-bond donors (Lipinski definition) is 1. The smallest absolute Gasteiger partial charge is 0.299 e. The molecular weight excluding hydrogens is 435 g/mol. The Labute approximate surface area is 169 Å². The number of nitrogens with two attached hydrogens (primary N) is 1. The number of benzene rings is 1. The molecule has 1 aromatic carbocycles. The first kappa shape index (κ1) is 21.0. The summed E-state index contributed by atoms with van der Waals surface area (Å²) in [7, 11) is -3.91. The third-order valence-electron chi connectivity index (χ3n) is 4.15. The Kier molecular flexibility index (Phi) is 5.43. The van der Waals surface area contributed by atoms with Crippen LogP contribution in [0, 0.1) is 0 Å². The molecule has 0 bridgehead atoms. The Bertz CT molecular complexity index is 1060. The highest BCUT2D eigenvalue weighted by atomic mass is 35.5. The van der Waals surface area contributed by atoms with Crippen LogP contribution in [0.25, 0.3) is 11.3 Å². The molecule has 3 rings (SSSR count). The van der Waals surface area contributed by atoms with Gasteiger partial charge < -0.3 is 0 Å². The highest BCUT2D eigenvalue weighted by Crippen LogP contribution is 2.39. The van der Waals surface area contributed by atoms with Gasteiger partial charge in [0.25, 0.3) is 0 Å². The number of nitrogens with zero attached hydrogens (tertiary/aromatic N) is 2. The van der Waals surface area contributed by atoms with Crippen LogP contribution < -0.4 is 5.14 Å². The molecule has 0 saturated heterocycles. The Morgan fingerprint density at radius 2 is 1.93 bits per heavy atom. The lowest BCUT2D eigenvalue weighted by Crippen LogP contribution is -2.14. The fraction of sp³-hybridized carbons (Fsp3) is 0.235. The minimum Gasteiger partial charge on any atom is -0.299 e. The summed E-state index contributed by atoms with van der Waals surface area (Å²) in [5, 5.41) is 5.06. The van der Waals surface area contributed by atoms with Gasteiger partial charge in [0.05, 0.1) is 4.90 Å². The minimum absolute atomic E-state index is 0.0757. The first-order valence-electron chi connectivity index (χ1n) is 7.87. The van der Waals surface area contributed by atoms with Gasteiger partial charge in [-0.1, -0.05) is 18.2 Å². The topological polar surface area (TPSA) is 78.0 Å². The van der Waals surface area contributed by atoms with Gasteiger partial charge in [0.1, 0.15) is 10.0 Å². The SMILES string of the molecule is CSC1(Cl)C=CC(c2nc(C(F)(F)F)cn2-c2ccc(S(N)(=O)=O)cc2)=CC1. The van der Waals surface area contributed by atoms with E-state index in [1.807, 2.05) is 6.26 Å². The van der Waals surface area contributed by atoms with E-state index in [9.17, 15) is 21.6 Å². The van der Waals surface area contributed by atoms with E-state index < -0.39 is 26.1 Å². The first-order valence-corrected chi connectivity index (χ1v) is 11.0. The van der Waals surface area contributed by atoms with Gasteiger partial charge in [-0.2, -0.15) is 13.2 Å². The summed E-state index contributed by atoms with van der Waals surface area (Å²) in [5.74, 6) is 0.0757. The first-order chi connectivity index (χ1) is 12.9. The maximum absolute atomic E-state index is 13.2. The third-order valence-corrected chi connectivity index (χ3v) is 6.80. The number of imidazole rings is 1. The predicted octanol–water partition coefficient (Wildman–Crippen LogP) is 4.18. The molecule has 1 atom stereocenters. The molecule has 0 aliphatic heterocycles. The van der Waals surface area contributed by atoms with Crippen LogP contribution in [0.15, 0.2) is 53.6 Å². The summed E-state index contributed by atoms with van der Waals surface area (Å²) in [6, 6.07) is 5.19. The second-order valence-corrected chi connectivity index (χ2v) is 9.64.